The molecule has 1 aliphatic carbocycles. The molecule has 0 aromatic heterocycles. The van der Waals surface area contributed by atoms with Crippen molar-refractivity contribution >= 4 is 18.0 Å². The third kappa shape index (κ3) is 5.94. The average Bonchev–Trinajstić information content (AvgIpc) is 3.14. The van der Waals surface area contributed by atoms with Gasteiger partial charge in [0.2, 0.25) is 5.91 Å². The van der Waals surface area contributed by atoms with Crippen LogP contribution in [0.3, 0.4) is 0 Å². The third-order valence-electron chi connectivity index (χ3n) is 5.99. The van der Waals surface area contributed by atoms with Crippen LogP contribution < -0.4 is 5.32 Å². The van der Waals surface area contributed by atoms with E-state index in [1.165, 1.54) is 4.90 Å². The van der Waals surface area contributed by atoms with Crippen LogP contribution in [0.5, 0.6) is 0 Å². The first-order valence-electron chi connectivity index (χ1n) is 11.5. The standard InChI is InChI=1S/C26H32N2O6/c1-17(2)28(15-24(29)30)25(31)23(13-8-14-33-3)27-26(32)34-16-22-20-11-6-4-9-18(20)19-10-5-7-12-21(19)22/h4-7,9-12,17,22-23H,8,13-16H2,1-3H3,(H,27,32)(H,29,30). The van der Waals surface area contributed by atoms with E-state index >= 15 is 0 Å². The van der Waals surface area contributed by atoms with Crippen molar-refractivity contribution in [1.82, 2.24) is 10.2 Å². The van der Waals surface area contributed by atoms with Gasteiger partial charge in [-0.3, -0.25) is 9.59 Å². The van der Waals surface area contributed by atoms with E-state index in [1.54, 1.807) is 21.0 Å². The summed E-state index contributed by atoms with van der Waals surface area (Å²) in [6.07, 6.45) is 0.117. The van der Waals surface area contributed by atoms with Crippen LogP contribution in [0.2, 0.25) is 0 Å². The maximum absolute atomic E-state index is 13.1. The van der Waals surface area contributed by atoms with Crippen LogP contribution in [-0.4, -0.2) is 66.9 Å². The summed E-state index contributed by atoms with van der Waals surface area (Å²) in [4.78, 5) is 38.3. The van der Waals surface area contributed by atoms with Gasteiger partial charge in [0, 0.05) is 25.7 Å². The zero-order valence-electron chi connectivity index (χ0n) is 19.8. The normalized spacial score (nSPS) is 13.2. The van der Waals surface area contributed by atoms with E-state index < -0.39 is 30.6 Å². The quantitative estimate of drug-likeness (QED) is 0.488. The van der Waals surface area contributed by atoms with Crippen LogP contribution in [0.4, 0.5) is 4.79 Å². The Kier molecular flexibility index (Phi) is 8.65. The molecule has 0 saturated heterocycles. The highest BCUT2D eigenvalue weighted by atomic mass is 16.5. The average molecular weight is 469 g/mol. The third-order valence-corrected chi connectivity index (χ3v) is 5.99. The van der Waals surface area contributed by atoms with Crippen molar-refractivity contribution in [2.24, 2.45) is 0 Å². The number of benzene rings is 2. The van der Waals surface area contributed by atoms with E-state index in [9.17, 15) is 19.5 Å². The minimum absolute atomic E-state index is 0.0973. The number of carbonyl (C=O) groups is 3. The van der Waals surface area contributed by atoms with E-state index in [1.807, 2.05) is 36.4 Å². The smallest absolute Gasteiger partial charge is 0.407 e. The number of carbonyl (C=O) groups excluding carboxylic acids is 2. The number of hydrogen-bond donors (Lipinski definition) is 2. The number of methoxy groups -OCH3 is 1. The number of fused-ring (bicyclic) bond motifs is 3. The van der Waals surface area contributed by atoms with Gasteiger partial charge in [0.05, 0.1) is 0 Å². The number of rotatable bonds is 11. The molecule has 2 N–H and O–H groups in total. The number of aliphatic carboxylic acids is 1. The van der Waals surface area contributed by atoms with Crippen molar-refractivity contribution in [2.75, 3.05) is 26.9 Å². The van der Waals surface area contributed by atoms with Gasteiger partial charge in [0.25, 0.3) is 0 Å². The van der Waals surface area contributed by atoms with Crippen LogP contribution in [0.1, 0.15) is 43.7 Å². The van der Waals surface area contributed by atoms with Gasteiger partial charge in [0.1, 0.15) is 19.2 Å². The highest BCUT2D eigenvalue weighted by Crippen LogP contribution is 2.44. The monoisotopic (exact) mass is 468 g/mol. The Morgan fingerprint density at radius 2 is 1.62 bits per heavy atom. The molecule has 1 aliphatic rings. The summed E-state index contributed by atoms with van der Waals surface area (Å²) in [7, 11) is 1.56. The maximum Gasteiger partial charge on any atom is 0.407 e. The Morgan fingerprint density at radius 3 is 2.15 bits per heavy atom. The summed E-state index contributed by atoms with van der Waals surface area (Å²) in [5.74, 6) is -1.67. The van der Waals surface area contributed by atoms with Crippen LogP contribution >= 0.6 is 0 Å². The second-order valence-corrected chi connectivity index (χ2v) is 8.61. The van der Waals surface area contributed by atoms with Gasteiger partial charge in [-0.15, -0.1) is 0 Å². The van der Waals surface area contributed by atoms with E-state index in [0.717, 1.165) is 22.3 Å². The first kappa shape index (κ1) is 25.2. The molecule has 8 heteroatoms. The number of nitrogens with zero attached hydrogens (tertiary/aromatic N) is 1. The number of alkyl carbamates (subject to hydrolysis) is 1. The second kappa shape index (κ2) is 11.7. The molecule has 2 aromatic carbocycles. The summed E-state index contributed by atoms with van der Waals surface area (Å²) in [5, 5.41) is 11.9. The molecule has 34 heavy (non-hydrogen) atoms. The topological polar surface area (TPSA) is 105 Å². The molecular formula is C26H32N2O6. The van der Waals surface area contributed by atoms with Gasteiger partial charge in [0.15, 0.2) is 0 Å². The Labute approximate surface area is 199 Å². The summed E-state index contributed by atoms with van der Waals surface area (Å²) >= 11 is 0. The summed E-state index contributed by atoms with van der Waals surface area (Å²) < 4.78 is 10.6. The van der Waals surface area contributed by atoms with Crippen LogP contribution in [0, 0.1) is 0 Å². The van der Waals surface area contributed by atoms with Crippen molar-refractivity contribution in [3.05, 3.63) is 59.7 Å². The fourth-order valence-corrected chi connectivity index (χ4v) is 4.33. The zero-order valence-corrected chi connectivity index (χ0v) is 19.8. The van der Waals surface area contributed by atoms with Gasteiger partial charge >= 0.3 is 12.1 Å². The van der Waals surface area contributed by atoms with Gasteiger partial charge in [-0.1, -0.05) is 48.5 Å². The van der Waals surface area contributed by atoms with Crippen LogP contribution in [0.25, 0.3) is 11.1 Å². The lowest BCUT2D eigenvalue weighted by Crippen LogP contribution is -2.52. The molecule has 0 heterocycles. The van der Waals surface area contributed by atoms with Crippen molar-refractivity contribution in [1.29, 1.82) is 0 Å². The number of amides is 2. The molecule has 0 aliphatic heterocycles. The van der Waals surface area contributed by atoms with Crippen molar-refractivity contribution in [3.8, 4) is 11.1 Å². The Morgan fingerprint density at radius 1 is 1.03 bits per heavy atom. The van der Waals surface area contributed by atoms with Crippen molar-refractivity contribution < 1.29 is 29.0 Å². The highest BCUT2D eigenvalue weighted by Gasteiger charge is 2.31. The van der Waals surface area contributed by atoms with Gasteiger partial charge in [-0.05, 0) is 48.9 Å². The van der Waals surface area contributed by atoms with E-state index in [-0.39, 0.29) is 18.6 Å². The van der Waals surface area contributed by atoms with Gasteiger partial charge < -0.3 is 24.8 Å². The summed E-state index contributed by atoms with van der Waals surface area (Å²) in [6.45, 7) is 3.57. The van der Waals surface area contributed by atoms with E-state index in [0.29, 0.717) is 19.4 Å². The fourth-order valence-electron chi connectivity index (χ4n) is 4.33. The molecule has 1 unspecified atom stereocenters. The second-order valence-electron chi connectivity index (χ2n) is 8.61. The summed E-state index contributed by atoms with van der Waals surface area (Å²) in [5.41, 5.74) is 4.44. The molecule has 3 rings (SSSR count). The van der Waals surface area contributed by atoms with Crippen LogP contribution in [-0.2, 0) is 19.1 Å². The lowest BCUT2D eigenvalue weighted by Gasteiger charge is -2.29. The molecule has 0 bridgehead atoms. The zero-order chi connectivity index (χ0) is 24.7. The van der Waals surface area contributed by atoms with Crippen molar-refractivity contribution in [3.63, 3.8) is 0 Å². The maximum atomic E-state index is 13.1. The van der Waals surface area contributed by atoms with E-state index in [2.05, 4.69) is 17.4 Å². The Balaban J connectivity index is 1.70. The predicted molar refractivity (Wildman–Crippen MR) is 128 cm³/mol. The number of nitrogens with one attached hydrogen (secondary N) is 1. The lowest BCUT2D eigenvalue weighted by atomic mass is 9.98. The molecule has 0 saturated carbocycles. The largest absolute Gasteiger partial charge is 0.480 e. The summed E-state index contributed by atoms with van der Waals surface area (Å²) in [6, 6.07) is 14.8. The Hall–Kier alpha value is -3.39. The van der Waals surface area contributed by atoms with Gasteiger partial charge in [-0.25, -0.2) is 4.79 Å². The lowest BCUT2D eigenvalue weighted by molar-refractivity contribution is -0.146. The molecule has 0 spiro atoms. The van der Waals surface area contributed by atoms with Crippen LogP contribution in [0.15, 0.2) is 48.5 Å². The molecule has 8 nitrogen and oxygen atoms in total. The molecule has 2 aromatic rings. The number of carboxylic acid groups (broad SMARTS) is 1. The molecular weight excluding hydrogens is 436 g/mol. The number of carboxylic acids is 1. The molecule has 1 atom stereocenters. The van der Waals surface area contributed by atoms with Gasteiger partial charge in [-0.2, -0.15) is 0 Å². The number of hydrogen-bond acceptors (Lipinski definition) is 5. The minimum Gasteiger partial charge on any atom is -0.480 e. The number of ether oxygens (including phenoxy) is 2. The highest BCUT2D eigenvalue weighted by molar-refractivity contribution is 5.88. The molecule has 0 radical (unpaired) electrons. The van der Waals surface area contributed by atoms with E-state index in [4.69, 9.17) is 9.47 Å². The molecule has 2 amide bonds. The molecule has 182 valence electrons. The fraction of sp³-hybridized carbons (Fsp3) is 0.423. The SMILES string of the molecule is COCCCC(NC(=O)OCC1c2ccccc2-c2ccccc21)C(=O)N(CC(=O)O)C(C)C. The van der Waals surface area contributed by atoms with Crippen molar-refractivity contribution in [2.45, 2.75) is 44.7 Å². The Bertz CT molecular complexity index is 976. The first-order valence-corrected chi connectivity index (χ1v) is 11.5. The first-order chi connectivity index (χ1) is 16.3. The predicted octanol–water partition coefficient (Wildman–Crippen LogP) is 3.64. The molecule has 0 fully saturated rings. The minimum atomic E-state index is -1.11.